The van der Waals surface area contributed by atoms with Gasteiger partial charge >= 0.3 is 0 Å². The number of nitrogens with one attached hydrogen (secondary N) is 1. The average Bonchev–Trinajstić information content (AvgIpc) is 3.03. The number of nitrogens with zero attached hydrogens (tertiary/aromatic N) is 3. The Labute approximate surface area is 156 Å². The summed E-state index contributed by atoms with van der Waals surface area (Å²) in [6.07, 6.45) is 0.621. The Morgan fingerprint density at radius 1 is 1.33 bits per heavy atom. The molecule has 144 valence electrons. The van der Waals surface area contributed by atoms with E-state index < -0.39 is 16.7 Å². The molecule has 1 atom stereocenters. The Balaban J connectivity index is 2.22. The van der Waals surface area contributed by atoms with Crippen LogP contribution in [0.4, 0.5) is 11.5 Å². The number of nitro groups is 1. The Hall–Kier alpha value is -3.23. The first kappa shape index (κ1) is 20.1. The first-order chi connectivity index (χ1) is 12.7. The fraction of sp³-hybridized carbons (Fsp3) is 0.389. The number of aromatic nitrogens is 1. The molecule has 9 nitrogen and oxygen atoms in total. The smallest absolute Gasteiger partial charge is 0.273 e. The van der Waals surface area contributed by atoms with Gasteiger partial charge in [-0.2, -0.15) is 0 Å². The van der Waals surface area contributed by atoms with Crippen molar-refractivity contribution in [3.63, 3.8) is 0 Å². The normalized spacial score (nSPS) is 11.7. The topological polar surface area (TPSA) is 119 Å². The van der Waals surface area contributed by atoms with E-state index in [1.54, 1.807) is 19.9 Å². The van der Waals surface area contributed by atoms with Crippen molar-refractivity contribution in [3.8, 4) is 0 Å². The van der Waals surface area contributed by atoms with Gasteiger partial charge in [0, 0.05) is 29.3 Å². The zero-order chi connectivity index (χ0) is 20.1. The molecular formula is C18H22N4O5. The van der Waals surface area contributed by atoms with E-state index in [0.29, 0.717) is 17.7 Å². The highest BCUT2D eigenvalue weighted by atomic mass is 16.6. The first-order valence-corrected chi connectivity index (χ1v) is 8.52. The van der Waals surface area contributed by atoms with Crippen molar-refractivity contribution < 1.29 is 19.0 Å². The van der Waals surface area contributed by atoms with Gasteiger partial charge in [-0.1, -0.05) is 18.1 Å². The number of hydrogen-bond donors (Lipinski definition) is 1. The van der Waals surface area contributed by atoms with Gasteiger partial charge in [0.05, 0.1) is 4.92 Å². The molecule has 2 amide bonds. The van der Waals surface area contributed by atoms with Crippen LogP contribution in [-0.4, -0.2) is 39.4 Å². The minimum atomic E-state index is -0.528. The molecule has 27 heavy (non-hydrogen) atoms. The van der Waals surface area contributed by atoms with Crippen LogP contribution < -0.4 is 5.32 Å². The van der Waals surface area contributed by atoms with E-state index >= 15 is 0 Å². The van der Waals surface area contributed by atoms with Gasteiger partial charge in [0.25, 0.3) is 11.6 Å². The second-order valence-corrected chi connectivity index (χ2v) is 6.32. The van der Waals surface area contributed by atoms with Crippen molar-refractivity contribution in [2.45, 2.75) is 40.2 Å². The molecule has 2 rings (SSSR count). The number of benzene rings is 1. The van der Waals surface area contributed by atoms with Gasteiger partial charge in [-0.15, -0.1) is 0 Å². The van der Waals surface area contributed by atoms with E-state index in [4.69, 9.17) is 4.52 Å². The minimum absolute atomic E-state index is 0.132. The number of anilines is 1. The van der Waals surface area contributed by atoms with Gasteiger partial charge in [-0.25, -0.2) is 0 Å². The van der Waals surface area contributed by atoms with Gasteiger partial charge < -0.3 is 14.7 Å². The lowest BCUT2D eigenvalue weighted by Crippen LogP contribution is -2.43. The first-order valence-electron chi connectivity index (χ1n) is 8.52. The molecule has 2 aromatic rings. The molecule has 0 saturated heterocycles. The SMILES string of the molecule is CC[C@@H](C)N(CC(=O)Nc1cc(C)on1)C(=O)c1ccc(C)c([N+](=O)[O-])c1. The molecule has 0 fully saturated rings. The van der Waals surface area contributed by atoms with Crippen molar-refractivity contribution in [1.82, 2.24) is 10.1 Å². The summed E-state index contributed by atoms with van der Waals surface area (Å²) in [6, 6.07) is 5.63. The quantitative estimate of drug-likeness (QED) is 0.587. The second kappa shape index (κ2) is 8.43. The number of nitro benzene ring substituents is 1. The Kier molecular flexibility index (Phi) is 6.27. The molecule has 0 saturated carbocycles. The summed E-state index contributed by atoms with van der Waals surface area (Å²) in [5.74, 6) is -0.0651. The van der Waals surface area contributed by atoms with Crippen LogP contribution in [0.2, 0.25) is 0 Å². The van der Waals surface area contributed by atoms with Crippen LogP contribution in [-0.2, 0) is 4.79 Å². The largest absolute Gasteiger partial charge is 0.360 e. The zero-order valence-electron chi connectivity index (χ0n) is 15.7. The highest BCUT2D eigenvalue weighted by molar-refractivity contribution is 5.99. The molecule has 0 bridgehead atoms. The van der Waals surface area contributed by atoms with Crippen LogP contribution >= 0.6 is 0 Å². The summed E-state index contributed by atoms with van der Waals surface area (Å²) in [6.45, 7) is 6.80. The summed E-state index contributed by atoms with van der Waals surface area (Å²) >= 11 is 0. The minimum Gasteiger partial charge on any atom is -0.360 e. The molecule has 0 aliphatic carbocycles. The third-order valence-electron chi connectivity index (χ3n) is 4.25. The van der Waals surface area contributed by atoms with Gasteiger partial charge in [-0.05, 0) is 33.3 Å². The van der Waals surface area contributed by atoms with Crippen LogP contribution in [0.3, 0.4) is 0 Å². The maximum Gasteiger partial charge on any atom is 0.273 e. The molecule has 1 N–H and O–H groups in total. The van der Waals surface area contributed by atoms with Gasteiger partial charge in [-0.3, -0.25) is 19.7 Å². The van der Waals surface area contributed by atoms with E-state index in [1.165, 1.54) is 23.1 Å². The number of aryl methyl sites for hydroxylation is 2. The molecule has 1 aromatic heterocycles. The Morgan fingerprint density at radius 2 is 2.04 bits per heavy atom. The molecule has 0 aliphatic heterocycles. The molecular weight excluding hydrogens is 352 g/mol. The highest BCUT2D eigenvalue weighted by Gasteiger charge is 2.25. The zero-order valence-corrected chi connectivity index (χ0v) is 15.7. The van der Waals surface area contributed by atoms with E-state index in [9.17, 15) is 19.7 Å². The van der Waals surface area contributed by atoms with Crippen molar-refractivity contribution in [2.75, 3.05) is 11.9 Å². The summed E-state index contributed by atoms with van der Waals surface area (Å²) in [7, 11) is 0. The van der Waals surface area contributed by atoms with Crippen LogP contribution in [0.15, 0.2) is 28.8 Å². The van der Waals surface area contributed by atoms with E-state index in [2.05, 4.69) is 10.5 Å². The molecule has 9 heteroatoms. The molecule has 1 aromatic carbocycles. The number of hydrogen-bond acceptors (Lipinski definition) is 6. The van der Waals surface area contributed by atoms with Gasteiger partial charge in [0.1, 0.15) is 12.3 Å². The maximum absolute atomic E-state index is 12.9. The molecule has 0 unspecified atom stereocenters. The molecule has 1 heterocycles. The summed E-state index contributed by atoms with van der Waals surface area (Å²) < 4.78 is 4.89. The average molecular weight is 374 g/mol. The highest BCUT2D eigenvalue weighted by Crippen LogP contribution is 2.21. The lowest BCUT2D eigenvalue weighted by atomic mass is 10.1. The summed E-state index contributed by atoms with van der Waals surface area (Å²) in [4.78, 5) is 37.2. The van der Waals surface area contributed by atoms with Crippen LogP contribution in [0.1, 0.15) is 41.9 Å². The van der Waals surface area contributed by atoms with Crippen LogP contribution in [0, 0.1) is 24.0 Å². The molecule has 0 aliphatic rings. The second-order valence-electron chi connectivity index (χ2n) is 6.32. The standard InChI is InChI=1S/C18H22N4O5/c1-5-12(3)21(10-17(23)19-16-8-13(4)27-20-16)18(24)14-7-6-11(2)15(9-14)22(25)26/h6-9,12H,5,10H2,1-4H3,(H,19,20,23)/t12-/m1/s1. The van der Waals surface area contributed by atoms with E-state index in [-0.39, 0.29) is 29.7 Å². The predicted octanol–water partition coefficient (Wildman–Crippen LogP) is 3.08. The fourth-order valence-electron chi connectivity index (χ4n) is 2.52. The number of amides is 2. The van der Waals surface area contributed by atoms with Crippen LogP contribution in [0.5, 0.6) is 0 Å². The Morgan fingerprint density at radius 3 is 2.59 bits per heavy atom. The van der Waals surface area contributed by atoms with Crippen LogP contribution in [0.25, 0.3) is 0 Å². The monoisotopic (exact) mass is 374 g/mol. The maximum atomic E-state index is 12.9. The van der Waals surface area contributed by atoms with Gasteiger partial charge in [0.2, 0.25) is 5.91 Å². The van der Waals surface area contributed by atoms with E-state index in [0.717, 1.165) is 0 Å². The molecule has 0 radical (unpaired) electrons. The summed E-state index contributed by atoms with van der Waals surface area (Å²) in [5, 5.41) is 17.4. The number of carbonyl (C=O) groups is 2. The Bertz CT molecular complexity index is 861. The number of rotatable bonds is 7. The van der Waals surface area contributed by atoms with E-state index in [1.807, 2.05) is 13.8 Å². The fourth-order valence-corrected chi connectivity index (χ4v) is 2.52. The third-order valence-corrected chi connectivity index (χ3v) is 4.25. The van der Waals surface area contributed by atoms with Crippen molar-refractivity contribution in [1.29, 1.82) is 0 Å². The third kappa shape index (κ3) is 4.90. The summed E-state index contributed by atoms with van der Waals surface area (Å²) in [5.41, 5.74) is 0.496. The lowest BCUT2D eigenvalue weighted by Gasteiger charge is -2.28. The van der Waals surface area contributed by atoms with Crippen molar-refractivity contribution >= 4 is 23.3 Å². The molecule has 0 spiro atoms. The van der Waals surface area contributed by atoms with Crippen molar-refractivity contribution in [2.24, 2.45) is 0 Å². The lowest BCUT2D eigenvalue weighted by molar-refractivity contribution is -0.385. The van der Waals surface area contributed by atoms with Gasteiger partial charge in [0.15, 0.2) is 5.82 Å². The number of carbonyl (C=O) groups excluding carboxylic acids is 2. The van der Waals surface area contributed by atoms with Crippen molar-refractivity contribution in [3.05, 3.63) is 51.3 Å². The predicted molar refractivity (Wildman–Crippen MR) is 98.5 cm³/mol.